The lowest BCUT2D eigenvalue weighted by Gasteiger charge is -2.21. The molecule has 0 aromatic heterocycles. The SMILES string of the molecule is CC(C)CCCCCCCCCCCCCCCCCCCCC(=O)OC[C@H](COP(=O)(O)OC[C@@H](O)COP(=O)(O)OC[C@@H](COC(=O)CCCCCCCCC(C)C)OC(=O)CCCCCCCCC(C)C)OC(=O)CCCCCCCCC(C)C. The third-order valence-corrected chi connectivity index (χ3v) is 17.7. The van der Waals surface area contributed by atoms with E-state index < -0.39 is 97.5 Å². The van der Waals surface area contributed by atoms with Crippen LogP contribution in [0, 0.1) is 23.7 Å². The minimum Gasteiger partial charge on any atom is -0.462 e. The summed E-state index contributed by atoms with van der Waals surface area (Å²) in [5.74, 6) is 0.698. The fourth-order valence-electron chi connectivity index (χ4n) is 10.3. The number of carbonyl (C=O) groups excluding carboxylic acids is 4. The van der Waals surface area contributed by atoms with E-state index in [9.17, 15) is 43.2 Å². The van der Waals surface area contributed by atoms with Gasteiger partial charge in [-0.3, -0.25) is 37.3 Å². The normalized spacial score (nSPS) is 14.3. The standard InChI is InChI=1S/C69H134O17P2/c1-59(2)45-37-29-21-19-17-15-13-11-9-10-12-14-16-18-20-22-33-41-49-66(71)79-55-64(85-68(73)51-43-35-27-24-31-39-47-61(5)6)57-83-87(75,76)81-53-63(70)54-82-88(77,78)84-58-65(86-69(74)52-44-36-28-25-32-40-48-62(7)8)56-80-67(72)50-42-34-26-23-30-38-46-60(3)4/h59-65,70H,9-58H2,1-8H3,(H,75,76)(H,77,78)/t63-,64-,65-/m1/s1. The van der Waals surface area contributed by atoms with E-state index in [0.29, 0.717) is 43.4 Å². The van der Waals surface area contributed by atoms with Gasteiger partial charge in [0.2, 0.25) is 0 Å². The summed E-state index contributed by atoms with van der Waals surface area (Å²) in [6, 6.07) is 0. The average molecular weight is 1300 g/mol. The first kappa shape index (κ1) is 86.1. The number of aliphatic hydroxyl groups excluding tert-OH is 1. The molecule has 19 heteroatoms. The molecule has 0 amide bonds. The van der Waals surface area contributed by atoms with Crippen molar-refractivity contribution < 1.29 is 80.2 Å². The van der Waals surface area contributed by atoms with Gasteiger partial charge in [-0.15, -0.1) is 0 Å². The Balaban J connectivity index is 5.08. The molecular weight excluding hydrogens is 1160 g/mol. The first-order valence-electron chi connectivity index (χ1n) is 35.7. The van der Waals surface area contributed by atoms with Crippen molar-refractivity contribution in [2.24, 2.45) is 23.7 Å². The highest BCUT2D eigenvalue weighted by Gasteiger charge is 2.30. The summed E-state index contributed by atoms with van der Waals surface area (Å²) in [6.45, 7) is 13.9. The highest BCUT2D eigenvalue weighted by molar-refractivity contribution is 7.47. The molecule has 0 rings (SSSR count). The minimum absolute atomic E-state index is 0.100. The third kappa shape index (κ3) is 62.8. The van der Waals surface area contributed by atoms with Gasteiger partial charge in [0.05, 0.1) is 26.4 Å². The lowest BCUT2D eigenvalue weighted by molar-refractivity contribution is -0.161. The molecule has 88 heavy (non-hydrogen) atoms. The van der Waals surface area contributed by atoms with Crippen molar-refractivity contribution in [3.05, 3.63) is 0 Å². The molecule has 0 spiro atoms. The third-order valence-electron chi connectivity index (χ3n) is 15.8. The molecular formula is C69H134O17P2. The van der Waals surface area contributed by atoms with Gasteiger partial charge in [-0.1, -0.05) is 287 Å². The number of carbonyl (C=O) groups is 4. The molecule has 0 heterocycles. The van der Waals surface area contributed by atoms with Gasteiger partial charge in [-0.05, 0) is 49.4 Å². The summed E-state index contributed by atoms with van der Waals surface area (Å²) >= 11 is 0. The van der Waals surface area contributed by atoms with E-state index in [0.717, 1.165) is 102 Å². The van der Waals surface area contributed by atoms with Gasteiger partial charge >= 0.3 is 39.5 Å². The Morgan fingerprint density at radius 1 is 0.284 bits per heavy atom. The Morgan fingerprint density at radius 3 is 0.705 bits per heavy atom. The van der Waals surface area contributed by atoms with Crippen LogP contribution in [0.5, 0.6) is 0 Å². The summed E-state index contributed by atoms with van der Waals surface area (Å²) in [7, 11) is -9.89. The van der Waals surface area contributed by atoms with Crippen LogP contribution in [0.25, 0.3) is 0 Å². The first-order valence-corrected chi connectivity index (χ1v) is 38.7. The number of esters is 4. The Labute approximate surface area is 537 Å². The number of rotatable bonds is 66. The van der Waals surface area contributed by atoms with Gasteiger partial charge in [0.25, 0.3) is 0 Å². The molecule has 0 aliphatic heterocycles. The molecule has 0 radical (unpaired) electrons. The number of phosphoric acid groups is 2. The predicted octanol–water partition coefficient (Wildman–Crippen LogP) is 19.3. The van der Waals surface area contributed by atoms with Crippen LogP contribution in [-0.4, -0.2) is 96.7 Å². The maximum atomic E-state index is 13.0. The number of phosphoric ester groups is 2. The summed E-state index contributed by atoms with van der Waals surface area (Å²) in [6.07, 6.45) is 41.1. The van der Waals surface area contributed by atoms with Crippen LogP contribution in [0.3, 0.4) is 0 Å². The van der Waals surface area contributed by atoms with Gasteiger partial charge in [0, 0.05) is 25.7 Å². The number of ether oxygens (including phenoxy) is 4. The summed E-state index contributed by atoms with van der Waals surface area (Å²) in [5, 5.41) is 10.5. The monoisotopic (exact) mass is 1300 g/mol. The molecule has 0 aromatic rings. The maximum absolute atomic E-state index is 13.0. The molecule has 2 unspecified atom stereocenters. The molecule has 0 saturated heterocycles. The van der Waals surface area contributed by atoms with Crippen molar-refractivity contribution in [2.75, 3.05) is 39.6 Å². The molecule has 3 N–H and O–H groups in total. The van der Waals surface area contributed by atoms with Gasteiger partial charge < -0.3 is 33.8 Å². The lowest BCUT2D eigenvalue weighted by Crippen LogP contribution is -2.30. The van der Waals surface area contributed by atoms with Gasteiger partial charge in [0.15, 0.2) is 12.2 Å². The second-order valence-corrected chi connectivity index (χ2v) is 29.7. The second kappa shape index (κ2) is 58.8. The van der Waals surface area contributed by atoms with Gasteiger partial charge in [-0.25, -0.2) is 9.13 Å². The molecule has 17 nitrogen and oxygen atoms in total. The van der Waals surface area contributed by atoms with Crippen LogP contribution in [-0.2, 0) is 65.4 Å². The first-order chi connectivity index (χ1) is 42.1. The Kier molecular flexibility index (Phi) is 57.6. The fraction of sp³-hybridized carbons (Fsp3) is 0.942. The highest BCUT2D eigenvalue weighted by atomic mass is 31.2. The van der Waals surface area contributed by atoms with E-state index in [-0.39, 0.29) is 25.7 Å². The summed E-state index contributed by atoms with van der Waals surface area (Å²) in [5.41, 5.74) is 0. The smallest absolute Gasteiger partial charge is 0.462 e. The number of hydrogen-bond donors (Lipinski definition) is 3. The van der Waals surface area contributed by atoms with Crippen LogP contribution < -0.4 is 0 Å². The molecule has 0 aliphatic rings. The van der Waals surface area contributed by atoms with Crippen LogP contribution in [0.1, 0.15) is 338 Å². The van der Waals surface area contributed by atoms with Crippen LogP contribution in [0.2, 0.25) is 0 Å². The number of hydrogen-bond acceptors (Lipinski definition) is 15. The molecule has 0 aliphatic carbocycles. The van der Waals surface area contributed by atoms with Crippen LogP contribution in [0.15, 0.2) is 0 Å². The van der Waals surface area contributed by atoms with Crippen LogP contribution >= 0.6 is 15.6 Å². The van der Waals surface area contributed by atoms with Crippen molar-refractivity contribution in [3.63, 3.8) is 0 Å². The fourth-order valence-corrected chi connectivity index (χ4v) is 11.9. The van der Waals surface area contributed by atoms with E-state index in [4.69, 9.17) is 37.0 Å². The van der Waals surface area contributed by atoms with Crippen molar-refractivity contribution in [1.29, 1.82) is 0 Å². The predicted molar refractivity (Wildman–Crippen MR) is 354 cm³/mol. The van der Waals surface area contributed by atoms with E-state index in [1.165, 1.54) is 135 Å². The molecule has 0 fully saturated rings. The average Bonchev–Trinajstić information content (AvgIpc) is 3.34. The largest absolute Gasteiger partial charge is 0.472 e. The zero-order chi connectivity index (χ0) is 65.4. The van der Waals surface area contributed by atoms with Crippen molar-refractivity contribution in [2.45, 2.75) is 356 Å². The Bertz CT molecular complexity index is 1750. The number of aliphatic hydroxyl groups is 1. The summed E-state index contributed by atoms with van der Waals surface area (Å²) < 4.78 is 68.0. The minimum atomic E-state index is -4.95. The zero-order valence-electron chi connectivity index (χ0n) is 57.3. The topological polar surface area (TPSA) is 237 Å². The van der Waals surface area contributed by atoms with E-state index in [2.05, 4.69) is 55.4 Å². The highest BCUT2D eigenvalue weighted by Crippen LogP contribution is 2.45. The van der Waals surface area contributed by atoms with Crippen molar-refractivity contribution in [3.8, 4) is 0 Å². The molecule has 5 atom stereocenters. The molecule has 522 valence electrons. The lowest BCUT2D eigenvalue weighted by atomic mass is 10.0. The van der Waals surface area contributed by atoms with E-state index >= 15 is 0 Å². The summed E-state index contributed by atoms with van der Waals surface area (Å²) in [4.78, 5) is 72.3. The molecule has 0 aromatic carbocycles. The van der Waals surface area contributed by atoms with Crippen molar-refractivity contribution >= 4 is 39.5 Å². The zero-order valence-corrected chi connectivity index (χ0v) is 59.1. The Hall–Kier alpha value is -1.94. The van der Waals surface area contributed by atoms with Gasteiger partial charge in [-0.2, -0.15) is 0 Å². The second-order valence-electron chi connectivity index (χ2n) is 26.8. The van der Waals surface area contributed by atoms with E-state index in [1.54, 1.807) is 0 Å². The van der Waals surface area contributed by atoms with Crippen LogP contribution in [0.4, 0.5) is 0 Å². The van der Waals surface area contributed by atoms with Crippen molar-refractivity contribution in [1.82, 2.24) is 0 Å². The number of unbranched alkanes of at least 4 members (excludes halogenated alkanes) is 32. The Morgan fingerprint density at radius 2 is 0.477 bits per heavy atom. The maximum Gasteiger partial charge on any atom is 0.472 e. The van der Waals surface area contributed by atoms with E-state index in [1.807, 2.05) is 0 Å². The quantitative estimate of drug-likeness (QED) is 0.0222. The molecule has 0 saturated carbocycles. The molecule has 0 bridgehead atoms. The van der Waals surface area contributed by atoms with Gasteiger partial charge in [0.1, 0.15) is 19.3 Å².